The van der Waals surface area contributed by atoms with E-state index in [4.69, 9.17) is 29.5 Å². The summed E-state index contributed by atoms with van der Waals surface area (Å²) < 4.78 is 69.2. The molecule has 1 aromatic carbocycles. The van der Waals surface area contributed by atoms with Gasteiger partial charge in [-0.2, -0.15) is 26.3 Å². The maximum absolute atomic E-state index is 10.6. The van der Waals surface area contributed by atoms with Gasteiger partial charge in [0.15, 0.2) is 0 Å². The average molecular weight is 581 g/mol. The van der Waals surface area contributed by atoms with Crippen molar-refractivity contribution in [2.45, 2.75) is 24.9 Å². The lowest BCUT2D eigenvalue weighted by Crippen LogP contribution is -2.39. The number of carbonyl (C=O) groups is 2. The number of thiazole rings is 1. The van der Waals surface area contributed by atoms with E-state index in [2.05, 4.69) is 20.2 Å². The van der Waals surface area contributed by atoms with Crippen LogP contribution in [0.3, 0.4) is 0 Å². The third kappa shape index (κ3) is 11.2. The van der Waals surface area contributed by atoms with E-state index >= 15 is 0 Å². The molecule has 1 fully saturated rings. The van der Waals surface area contributed by atoms with E-state index in [0.717, 1.165) is 42.0 Å². The summed E-state index contributed by atoms with van der Waals surface area (Å²) in [7, 11) is 0. The van der Waals surface area contributed by atoms with Crippen LogP contribution in [0.5, 0.6) is 0 Å². The molecule has 0 bridgehead atoms. The molecule has 39 heavy (non-hydrogen) atoms. The zero-order valence-electron chi connectivity index (χ0n) is 19.7. The molecule has 10 nitrogen and oxygen atoms in total. The highest BCUT2D eigenvalue weighted by Gasteiger charge is 2.38. The SMILES string of the molecule is O=C(O)C(F)(F)F.O=C(O)C(F)(F)F.c1ccc(Nc2ccnc(C3COCCN3Cc3nccs3)n2)cc1. The van der Waals surface area contributed by atoms with Gasteiger partial charge in [0.25, 0.3) is 0 Å². The van der Waals surface area contributed by atoms with Crippen LogP contribution >= 0.6 is 11.3 Å². The zero-order valence-corrected chi connectivity index (χ0v) is 20.5. The van der Waals surface area contributed by atoms with Gasteiger partial charge in [0.2, 0.25) is 0 Å². The van der Waals surface area contributed by atoms with Crippen LogP contribution in [0.25, 0.3) is 0 Å². The van der Waals surface area contributed by atoms with Crippen LogP contribution in [0.2, 0.25) is 0 Å². The second-order valence-corrected chi connectivity index (χ2v) is 8.36. The fourth-order valence-electron chi connectivity index (χ4n) is 2.84. The third-order valence-corrected chi connectivity index (χ3v) is 5.33. The highest BCUT2D eigenvalue weighted by molar-refractivity contribution is 7.09. The monoisotopic (exact) mass is 581 g/mol. The smallest absolute Gasteiger partial charge is 0.475 e. The molecule has 0 saturated carbocycles. The molecule has 3 heterocycles. The van der Waals surface area contributed by atoms with Crippen molar-refractivity contribution in [3.05, 3.63) is 65.0 Å². The van der Waals surface area contributed by atoms with Crippen molar-refractivity contribution in [3.8, 4) is 0 Å². The number of nitrogens with zero attached hydrogens (tertiary/aromatic N) is 4. The first-order chi connectivity index (χ1) is 18.3. The summed E-state index contributed by atoms with van der Waals surface area (Å²) in [5.74, 6) is -3.95. The number of ether oxygens (including phenoxy) is 1. The molecule has 1 saturated heterocycles. The molecule has 212 valence electrons. The number of alkyl halides is 6. The van der Waals surface area contributed by atoms with Crippen LogP contribution < -0.4 is 5.32 Å². The number of hydrogen-bond acceptors (Lipinski definition) is 9. The van der Waals surface area contributed by atoms with Gasteiger partial charge in [-0.15, -0.1) is 11.3 Å². The highest BCUT2D eigenvalue weighted by Crippen LogP contribution is 2.25. The van der Waals surface area contributed by atoms with Crippen molar-refractivity contribution in [1.82, 2.24) is 19.9 Å². The minimum atomic E-state index is -5.08. The second kappa shape index (κ2) is 14.4. The minimum Gasteiger partial charge on any atom is -0.475 e. The van der Waals surface area contributed by atoms with Crippen molar-refractivity contribution in [2.75, 3.05) is 25.1 Å². The van der Waals surface area contributed by atoms with Gasteiger partial charge in [-0.05, 0) is 18.2 Å². The maximum atomic E-state index is 10.6. The molecule has 1 atom stereocenters. The molecule has 1 unspecified atom stereocenters. The van der Waals surface area contributed by atoms with Gasteiger partial charge < -0.3 is 20.3 Å². The van der Waals surface area contributed by atoms with Gasteiger partial charge in [0.1, 0.15) is 16.6 Å². The Morgan fingerprint density at radius 3 is 2.15 bits per heavy atom. The molecule has 1 aliphatic heterocycles. The van der Waals surface area contributed by atoms with Gasteiger partial charge in [0, 0.05) is 30.0 Å². The van der Waals surface area contributed by atoms with Gasteiger partial charge in [-0.25, -0.2) is 24.5 Å². The minimum absolute atomic E-state index is 0.0372. The predicted molar refractivity (Wildman–Crippen MR) is 125 cm³/mol. The fourth-order valence-corrected chi connectivity index (χ4v) is 3.48. The number of morpholine rings is 1. The molecule has 0 aliphatic carbocycles. The lowest BCUT2D eigenvalue weighted by molar-refractivity contribution is -0.193. The summed E-state index contributed by atoms with van der Waals surface area (Å²) in [5, 5.41) is 20.7. The number of aliphatic carboxylic acids is 2. The summed E-state index contributed by atoms with van der Waals surface area (Å²) in [5.41, 5.74) is 1.01. The summed E-state index contributed by atoms with van der Waals surface area (Å²) in [6.07, 6.45) is -6.53. The lowest BCUT2D eigenvalue weighted by Gasteiger charge is -2.33. The largest absolute Gasteiger partial charge is 0.490 e. The van der Waals surface area contributed by atoms with Crippen LogP contribution in [-0.4, -0.2) is 74.1 Å². The Hall–Kier alpha value is -3.83. The van der Waals surface area contributed by atoms with E-state index in [1.165, 1.54) is 0 Å². The topological polar surface area (TPSA) is 138 Å². The molecule has 17 heteroatoms. The predicted octanol–water partition coefficient (Wildman–Crippen LogP) is 4.52. The summed E-state index contributed by atoms with van der Waals surface area (Å²) >= 11 is 1.67. The van der Waals surface area contributed by atoms with E-state index in [-0.39, 0.29) is 6.04 Å². The maximum Gasteiger partial charge on any atom is 0.490 e. The average Bonchev–Trinajstić information content (AvgIpc) is 3.38. The number of carboxylic acid groups (broad SMARTS) is 2. The van der Waals surface area contributed by atoms with E-state index in [0.29, 0.717) is 6.61 Å². The number of halogens is 6. The Bertz CT molecular complexity index is 1160. The van der Waals surface area contributed by atoms with Gasteiger partial charge in [-0.3, -0.25) is 4.90 Å². The normalized spacial score (nSPS) is 15.7. The number of anilines is 2. The van der Waals surface area contributed by atoms with Crippen LogP contribution in [-0.2, 0) is 20.9 Å². The molecule has 0 radical (unpaired) electrons. The number of hydrogen-bond donors (Lipinski definition) is 3. The standard InChI is InChI=1S/C18H19N5OS.2C2HF3O2/c1-2-4-14(5-3-1)21-16-6-7-20-18(22-16)15-13-24-10-9-23(15)12-17-19-8-11-25-17;2*3-2(4,5)1(6)7/h1-8,11,15H,9-10,12-13H2,(H,20,21,22);2*(H,6,7). The van der Waals surface area contributed by atoms with Crippen molar-refractivity contribution in [3.63, 3.8) is 0 Å². The Labute approximate surface area is 220 Å². The fraction of sp³-hybridized carbons (Fsp3) is 0.318. The Kier molecular flexibility index (Phi) is 11.6. The first-order valence-electron chi connectivity index (χ1n) is 10.7. The van der Waals surface area contributed by atoms with Crippen molar-refractivity contribution in [1.29, 1.82) is 0 Å². The zero-order chi connectivity index (χ0) is 29.1. The van der Waals surface area contributed by atoms with Crippen LogP contribution in [0.1, 0.15) is 16.9 Å². The quantitative estimate of drug-likeness (QED) is 0.369. The lowest BCUT2D eigenvalue weighted by atomic mass is 10.2. The molecule has 3 N–H and O–H groups in total. The van der Waals surface area contributed by atoms with Gasteiger partial charge in [0.05, 0.1) is 25.8 Å². The van der Waals surface area contributed by atoms with Crippen molar-refractivity contribution < 1.29 is 50.9 Å². The molecular formula is C22H21F6N5O5S. The van der Waals surface area contributed by atoms with Crippen LogP contribution in [0.4, 0.5) is 37.8 Å². The number of para-hydroxylation sites is 1. The van der Waals surface area contributed by atoms with E-state index < -0.39 is 24.3 Å². The van der Waals surface area contributed by atoms with E-state index in [1.807, 2.05) is 48.0 Å². The second-order valence-electron chi connectivity index (χ2n) is 7.38. The summed E-state index contributed by atoms with van der Waals surface area (Å²) in [6, 6.07) is 11.9. The number of carboxylic acids is 2. The molecule has 2 aromatic heterocycles. The highest BCUT2D eigenvalue weighted by atomic mass is 32.1. The Morgan fingerprint density at radius 2 is 1.62 bits per heavy atom. The van der Waals surface area contributed by atoms with Crippen LogP contribution in [0.15, 0.2) is 54.2 Å². The van der Waals surface area contributed by atoms with Gasteiger partial charge >= 0.3 is 24.3 Å². The van der Waals surface area contributed by atoms with Gasteiger partial charge in [-0.1, -0.05) is 18.2 Å². The number of rotatable bonds is 5. The third-order valence-electron chi connectivity index (χ3n) is 4.56. The Morgan fingerprint density at radius 1 is 1.00 bits per heavy atom. The Balaban J connectivity index is 0.000000317. The molecule has 3 aromatic rings. The number of aromatic nitrogens is 3. The van der Waals surface area contributed by atoms with E-state index in [1.54, 1.807) is 17.5 Å². The molecule has 0 amide bonds. The first kappa shape index (κ1) is 31.4. The van der Waals surface area contributed by atoms with Crippen molar-refractivity contribution >= 4 is 34.8 Å². The van der Waals surface area contributed by atoms with Crippen molar-refractivity contribution in [2.24, 2.45) is 0 Å². The summed E-state index contributed by atoms with van der Waals surface area (Å²) in [4.78, 5) is 33.7. The molecular weight excluding hydrogens is 560 g/mol. The summed E-state index contributed by atoms with van der Waals surface area (Å²) in [6.45, 7) is 2.97. The van der Waals surface area contributed by atoms with E-state index in [9.17, 15) is 26.3 Å². The molecule has 4 rings (SSSR count). The number of benzene rings is 1. The first-order valence-corrected chi connectivity index (χ1v) is 11.6. The molecule has 1 aliphatic rings. The molecule has 0 spiro atoms. The number of nitrogens with one attached hydrogen (secondary N) is 1. The van der Waals surface area contributed by atoms with Crippen LogP contribution in [0, 0.1) is 0 Å².